The summed E-state index contributed by atoms with van der Waals surface area (Å²) in [6.45, 7) is 0. The molecule has 2 aromatic heterocycles. The topological polar surface area (TPSA) is 102 Å². The van der Waals surface area contributed by atoms with Gasteiger partial charge >= 0.3 is 5.69 Å². The molecule has 0 fully saturated rings. The van der Waals surface area contributed by atoms with Crippen LogP contribution in [0.15, 0.2) is 39.0 Å². The Morgan fingerprint density at radius 3 is 2.80 bits per heavy atom. The summed E-state index contributed by atoms with van der Waals surface area (Å²) in [6, 6.07) is 6.83. The summed E-state index contributed by atoms with van der Waals surface area (Å²) in [7, 11) is 2.93. The number of aromatic nitrogens is 4. The van der Waals surface area contributed by atoms with Crippen LogP contribution in [0.4, 0.5) is 5.69 Å². The van der Waals surface area contributed by atoms with E-state index >= 15 is 0 Å². The number of aromatic amines is 1. The van der Waals surface area contributed by atoms with Gasteiger partial charge in [-0.15, -0.1) is 0 Å². The Kier molecular flexibility index (Phi) is 4.69. The van der Waals surface area contributed by atoms with Gasteiger partial charge in [-0.2, -0.15) is 0 Å². The van der Waals surface area contributed by atoms with Gasteiger partial charge in [-0.3, -0.25) is 18.7 Å². The molecule has 0 spiro atoms. The first kappa shape index (κ1) is 17.3. The number of nitrogens with one attached hydrogen (secondary N) is 2. The second-order valence-corrected chi connectivity index (χ2v) is 6.69. The highest BCUT2D eigenvalue weighted by Gasteiger charge is 2.14. The largest absolute Gasteiger partial charge is 0.332 e. The molecule has 0 aliphatic rings. The molecule has 0 bridgehead atoms. The second kappa shape index (κ2) is 6.77. The SMILES string of the molecule is Cn1c(=O)c2[nH]c(SCC(=O)Nc3cccc(Cl)c3)nc2n(C)c1=O. The lowest BCUT2D eigenvalue weighted by molar-refractivity contribution is -0.113. The quantitative estimate of drug-likeness (QED) is 0.666. The maximum absolute atomic E-state index is 12.1. The molecule has 130 valence electrons. The summed E-state index contributed by atoms with van der Waals surface area (Å²) >= 11 is 7.00. The molecular formula is C15H14ClN5O3S. The van der Waals surface area contributed by atoms with Gasteiger partial charge in [-0.25, -0.2) is 9.78 Å². The van der Waals surface area contributed by atoms with E-state index in [4.69, 9.17) is 11.6 Å². The maximum atomic E-state index is 12.1. The molecule has 0 unspecified atom stereocenters. The van der Waals surface area contributed by atoms with Crippen molar-refractivity contribution in [1.82, 2.24) is 19.1 Å². The van der Waals surface area contributed by atoms with E-state index in [9.17, 15) is 14.4 Å². The van der Waals surface area contributed by atoms with Crippen LogP contribution in [0.1, 0.15) is 0 Å². The summed E-state index contributed by atoms with van der Waals surface area (Å²) in [5.74, 6) is -0.157. The van der Waals surface area contributed by atoms with Crippen LogP contribution in [0.25, 0.3) is 11.2 Å². The van der Waals surface area contributed by atoms with Gasteiger partial charge < -0.3 is 10.3 Å². The van der Waals surface area contributed by atoms with Crippen LogP contribution in [-0.2, 0) is 18.9 Å². The van der Waals surface area contributed by atoms with Crippen molar-refractivity contribution in [2.24, 2.45) is 14.1 Å². The van der Waals surface area contributed by atoms with Gasteiger partial charge in [-0.05, 0) is 18.2 Å². The van der Waals surface area contributed by atoms with Crippen LogP contribution < -0.4 is 16.6 Å². The number of benzene rings is 1. The molecule has 8 nitrogen and oxygen atoms in total. The first-order valence-electron chi connectivity index (χ1n) is 7.21. The minimum absolute atomic E-state index is 0.0839. The van der Waals surface area contributed by atoms with E-state index in [1.807, 2.05) is 0 Å². The van der Waals surface area contributed by atoms with Crippen LogP contribution in [0, 0.1) is 0 Å². The summed E-state index contributed by atoms with van der Waals surface area (Å²) < 4.78 is 2.28. The lowest BCUT2D eigenvalue weighted by Gasteiger charge is -2.04. The van der Waals surface area contributed by atoms with Crippen molar-refractivity contribution in [3.63, 3.8) is 0 Å². The van der Waals surface area contributed by atoms with Gasteiger partial charge in [0, 0.05) is 24.8 Å². The van der Waals surface area contributed by atoms with E-state index in [0.29, 0.717) is 15.9 Å². The summed E-state index contributed by atoms with van der Waals surface area (Å²) in [6.07, 6.45) is 0. The third-order valence-electron chi connectivity index (χ3n) is 3.52. The van der Waals surface area contributed by atoms with Crippen molar-refractivity contribution >= 4 is 46.1 Å². The molecule has 3 rings (SSSR count). The normalized spacial score (nSPS) is 11.0. The van der Waals surface area contributed by atoms with Gasteiger partial charge in [-0.1, -0.05) is 29.4 Å². The van der Waals surface area contributed by atoms with Crippen molar-refractivity contribution in [3.8, 4) is 0 Å². The van der Waals surface area contributed by atoms with Crippen molar-refractivity contribution in [2.75, 3.05) is 11.1 Å². The highest BCUT2D eigenvalue weighted by atomic mass is 35.5. The summed E-state index contributed by atoms with van der Waals surface area (Å²) in [5, 5.41) is 3.63. The molecule has 2 heterocycles. The average Bonchev–Trinajstić information content (AvgIpc) is 3.01. The predicted octanol–water partition coefficient (Wildman–Crippen LogP) is 1.34. The number of hydrogen-bond acceptors (Lipinski definition) is 5. The van der Waals surface area contributed by atoms with Gasteiger partial charge in [0.1, 0.15) is 0 Å². The average molecular weight is 380 g/mol. The van der Waals surface area contributed by atoms with Crippen LogP contribution in [0.3, 0.4) is 0 Å². The highest BCUT2D eigenvalue weighted by molar-refractivity contribution is 7.99. The summed E-state index contributed by atoms with van der Waals surface area (Å²) in [4.78, 5) is 43.1. The molecular weight excluding hydrogens is 366 g/mol. The molecule has 0 atom stereocenters. The number of carbonyl (C=O) groups excluding carboxylic acids is 1. The number of hydrogen-bond donors (Lipinski definition) is 2. The Hall–Kier alpha value is -2.52. The molecule has 0 aliphatic carbocycles. The number of halogens is 1. The highest BCUT2D eigenvalue weighted by Crippen LogP contribution is 2.18. The van der Waals surface area contributed by atoms with Gasteiger partial charge in [0.05, 0.1) is 5.75 Å². The lowest BCUT2D eigenvalue weighted by atomic mass is 10.3. The van der Waals surface area contributed by atoms with Crippen LogP contribution in [0.2, 0.25) is 5.02 Å². The number of aryl methyl sites for hydroxylation is 1. The van der Waals surface area contributed by atoms with E-state index in [-0.39, 0.29) is 22.8 Å². The van der Waals surface area contributed by atoms with E-state index in [1.54, 1.807) is 24.3 Å². The minimum atomic E-state index is -0.459. The number of carbonyl (C=O) groups is 1. The Balaban J connectivity index is 1.76. The Morgan fingerprint density at radius 1 is 1.32 bits per heavy atom. The number of H-pyrrole nitrogens is 1. The molecule has 10 heteroatoms. The van der Waals surface area contributed by atoms with Crippen molar-refractivity contribution in [3.05, 3.63) is 50.1 Å². The number of nitrogens with zero attached hydrogens (tertiary/aromatic N) is 3. The van der Waals surface area contributed by atoms with Gasteiger partial charge in [0.15, 0.2) is 16.3 Å². The monoisotopic (exact) mass is 379 g/mol. The minimum Gasteiger partial charge on any atom is -0.327 e. The molecule has 0 saturated carbocycles. The van der Waals surface area contributed by atoms with E-state index in [0.717, 1.165) is 16.3 Å². The fraction of sp³-hybridized carbons (Fsp3) is 0.200. The van der Waals surface area contributed by atoms with Crippen LogP contribution in [-0.4, -0.2) is 30.8 Å². The first-order chi connectivity index (χ1) is 11.9. The van der Waals surface area contributed by atoms with Crippen molar-refractivity contribution < 1.29 is 4.79 Å². The van der Waals surface area contributed by atoms with Crippen molar-refractivity contribution in [2.45, 2.75) is 5.16 Å². The zero-order chi connectivity index (χ0) is 18.1. The molecule has 3 aromatic rings. The third kappa shape index (κ3) is 3.47. The zero-order valence-corrected chi connectivity index (χ0v) is 14.9. The lowest BCUT2D eigenvalue weighted by Crippen LogP contribution is -2.36. The standard InChI is InChI=1S/C15H14ClN5O3S/c1-20-12-11(13(23)21(2)15(20)24)18-14(19-12)25-7-10(22)17-9-5-3-4-8(16)6-9/h3-6H,7H2,1-2H3,(H,17,22)(H,18,19). The molecule has 0 aliphatic heterocycles. The fourth-order valence-corrected chi connectivity index (χ4v) is 3.13. The van der Waals surface area contributed by atoms with Crippen LogP contribution >= 0.6 is 23.4 Å². The van der Waals surface area contributed by atoms with E-state index in [1.165, 1.54) is 18.7 Å². The number of imidazole rings is 1. The molecule has 0 saturated heterocycles. The molecule has 1 amide bonds. The van der Waals surface area contributed by atoms with Gasteiger partial charge in [0.25, 0.3) is 5.56 Å². The van der Waals surface area contributed by atoms with Crippen molar-refractivity contribution in [1.29, 1.82) is 0 Å². The maximum Gasteiger partial charge on any atom is 0.332 e. The number of fused-ring (bicyclic) bond motifs is 1. The zero-order valence-electron chi connectivity index (χ0n) is 13.4. The Labute approximate surface area is 150 Å². The molecule has 0 radical (unpaired) electrons. The van der Waals surface area contributed by atoms with E-state index < -0.39 is 11.2 Å². The number of rotatable bonds is 4. The number of thioether (sulfide) groups is 1. The molecule has 2 N–H and O–H groups in total. The molecule has 1 aromatic carbocycles. The number of anilines is 1. The van der Waals surface area contributed by atoms with E-state index in [2.05, 4.69) is 15.3 Å². The fourth-order valence-electron chi connectivity index (χ4n) is 2.27. The van der Waals surface area contributed by atoms with Gasteiger partial charge in [0.2, 0.25) is 5.91 Å². The first-order valence-corrected chi connectivity index (χ1v) is 8.57. The Bertz CT molecular complexity index is 1080. The Morgan fingerprint density at radius 2 is 2.08 bits per heavy atom. The summed E-state index contributed by atoms with van der Waals surface area (Å²) in [5.41, 5.74) is 0.159. The predicted molar refractivity (Wildman–Crippen MR) is 97.4 cm³/mol. The second-order valence-electron chi connectivity index (χ2n) is 5.29. The smallest absolute Gasteiger partial charge is 0.327 e. The third-order valence-corrected chi connectivity index (χ3v) is 4.63. The number of amides is 1. The molecule has 25 heavy (non-hydrogen) atoms. The van der Waals surface area contributed by atoms with Crippen LogP contribution in [0.5, 0.6) is 0 Å².